The number of thiocarbonyl (C=S) groups is 1. The predicted octanol–water partition coefficient (Wildman–Crippen LogP) is 5.66. The van der Waals surface area contributed by atoms with Gasteiger partial charge in [-0.25, -0.2) is 4.39 Å². The van der Waals surface area contributed by atoms with Crippen LogP contribution in [0.25, 0.3) is 0 Å². The van der Waals surface area contributed by atoms with Gasteiger partial charge < -0.3 is 0 Å². The highest BCUT2D eigenvalue weighted by molar-refractivity contribution is 7.80. The highest BCUT2D eigenvalue weighted by Crippen LogP contribution is 1.91. The monoisotopic (exact) mass is 244 g/mol. The number of hydrogen-bond donors (Lipinski definition) is 0. The molecule has 0 amide bonds. The third-order valence-corrected chi connectivity index (χ3v) is 0.733. The molecule has 1 rings (SSSR count). The minimum absolute atomic E-state index is 0.178. The molecule has 0 heterocycles. The molecule has 0 radical (unpaired) electrons. The molecule has 0 spiro atoms. The number of hydrogen-bond acceptors (Lipinski definition) is 1. The van der Waals surface area contributed by atoms with Crippen LogP contribution in [0, 0.1) is 5.82 Å². The largest absolute Gasteiger partial charge is 0.207 e. The molecule has 16 heavy (non-hydrogen) atoms. The van der Waals surface area contributed by atoms with Crippen LogP contribution in [0.5, 0.6) is 0 Å². The lowest BCUT2D eigenvalue weighted by Gasteiger charge is -1.78. The van der Waals surface area contributed by atoms with Crippen molar-refractivity contribution in [1.29, 1.82) is 0 Å². The highest BCUT2D eigenvalue weighted by Gasteiger charge is 1.77. The Morgan fingerprint density at radius 3 is 1.44 bits per heavy atom. The van der Waals surface area contributed by atoms with Gasteiger partial charge in [0.25, 0.3) is 0 Å². The molecule has 94 valence electrons. The SMILES string of the molecule is CC.CC(C)=S.CCC.Fc1ccccc1. The number of halogens is 1. The molecule has 0 aromatic heterocycles. The van der Waals surface area contributed by atoms with E-state index in [1.165, 1.54) is 18.6 Å². The molecule has 1 aromatic rings. The Kier molecular flexibility index (Phi) is 25.5. The first kappa shape index (κ1) is 20.6. The fourth-order valence-electron chi connectivity index (χ4n) is 0.415. The summed E-state index contributed by atoms with van der Waals surface area (Å²) >= 11 is 4.54. The molecule has 0 bridgehead atoms. The summed E-state index contributed by atoms with van der Waals surface area (Å²) in [6, 6.07) is 7.94. The van der Waals surface area contributed by atoms with E-state index in [-0.39, 0.29) is 5.82 Å². The second kappa shape index (κ2) is 19.8. The van der Waals surface area contributed by atoms with Crippen LogP contribution in [0.1, 0.15) is 48.0 Å². The molecule has 0 aliphatic carbocycles. The van der Waals surface area contributed by atoms with Gasteiger partial charge in [-0.15, -0.1) is 0 Å². The van der Waals surface area contributed by atoms with Gasteiger partial charge >= 0.3 is 0 Å². The van der Waals surface area contributed by atoms with Crippen molar-refractivity contribution < 1.29 is 4.39 Å². The summed E-state index contributed by atoms with van der Waals surface area (Å²) in [5.41, 5.74) is 0. The minimum atomic E-state index is -0.178. The van der Waals surface area contributed by atoms with E-state index in [0.29, 0.717) is 0 Å². The first-order valence-corrected chi connectivity index (χ1v) is 6.13. The quantitative estimate of drug-likeness (QED) is 0.530. The first-order valence-electron chi connectivity index (χ1n) is 5.72. The maximum absolute atomic E-state index is 11.9. The van der Waals surface area contributed by atoms with E-state index in [0.717, 1.165) is 4.86 Å². The minimum Gasteiger partial charge on any atom is -0.207 e. The molecular formula is C14H25FS. The normalized spacial score (nSPS) is 6.94. The summed E-state index contributed by atoms with van der Waals surface area (Å²) in [4.78, 5) is 1.00. The van der Waals surface area contributed by atoms with E-state index in [4.69, 9.17) is 0 Å². The Hall–Kier alpha value is -0.760. The lowest BCUT2D eigenvalue weighted by Crippen LogP contribution is -1.63. The van der Waals surface area contributed by atoms with E-state index in [1.54, 1.807) is 18.2 Å². The summed E-state index contributed by atoms with van der Waals surface area (Å²) in [6.07, 6.45) is 1.25. The lowest BCUT2D eigenvalue weighted by atomic mass is 10.4. The van der Waals surface area contributed by atoms with Crippen molar-refractivity contribution in [3.8, 4) is 0 Å². The average Bonchev–Trinajstić information content (AvgIpc) is 2.22. The maximum atomic E-state index is 11.9. The molecule has 0 N–H and O–H groups in total. The molecule has 1 aromatic carbocycles. The van der Waals surface area contributed by atoms with E-state index >= 15 is 0 Å². The molecular weight excluding hydrogens is 219 g/mol. The van der Waals surface area contributed by atoms with Gasteiger partial charge in [-0.2, -0.15) is 0 Å². The Balaban J connectivity index is -0.000000163. The third-order valence-electron chi connectivity index (χ3n) is 0.733. The summed E-state index contributed by atoms with van der Waals surface area (Å²) in [5, 5.41) is 0. The molecule has 0 fully saturated rings. The zero-order valence-electron chi connectivity index (χ0n) is 11.4. The van der Waals surface area contributed by atoms with E-state index in [2.05, 4.69) is 26.1 Å². The highest BCUT2D eigenvalue weighted by atomic mass is 32.1. The zero-order chi connectivity index (χ0) is 13.4. The van der Waals surface area contributed by atoms with Gasteiger partial charge in [0.05, 0.1) is 0 Å². The van der Waals surface area contributed by atoms with Gasteiger partial charge in [-0.3, -0.25) is 0 Å². The van der Waals surface area contributed by atoms with E-state index in [1.807, 2.05) is 27.7 Å². The van der Waals surface area contributed by atoms with Crippen LogP contribution < -0.4 is 0 Å². The second-order valence-corrected chi connectivity index (χ2v) is 3.73. The summed E-state index contributed by atoms with van der Waals surface area (Å²) in [7, 11) is 0. The van der Waals surface area contributed by atoms with Gasteiger partial charge in [0, 0.05) is 0 Å². The van der Waals surface area contributed by atoms with Crippen LogP contribution in [-0.2, 0) is 0 Å². The van der Waals surface area contributed by atoms with Gasteiger partial charge in [0.1, 0.15) is 5.82 Å². The zero-order valence-corrected chi connectivity index (χ0v) is 12.2. The molecule has 0 atom stereocenters. The van der Waals surface area contributed by atoms with Gasteiger partial charge in [0.2, 0.25) is 0 Å². The molecule has 0 saturated carbocycles. The van der Waals surface area contributed by atoms with Crippen LogP contribution in [0.2, 0.25) is 0 Å². The van der Waals surface area contributed by atoms with E-state index in [9.17, 15) is 4.39 Å². The summed E-state index contributed by atoms with van der Waals surface area (Å²) in [6.45, 7) is 12.0. The summed E-state index contributed by atoms with van der Waals surface area (Å²) < 4.78 is 11.9. The number of rotatable bonds is 0. The van der Waals surface area contributed by atoms with Crippen molar-refractivity contribution in [2.75, 3.05) is 0 Å². The summed E-state index contributed by atoms with van der Waals surface area (Å²) in [5.74, 6) is -0.178. The second-order valence-electron chi connectivity index (χ2n) is 2.91. The Morgan fingerprint density at radius 2 is 1.31 bits per heavy atom. The van der Waals surface area contributed by atoms with Crippen LogP contribution in [0.4, 0.5) is 4.39 Å². The van der Waals surface area contributed by atoms with Crippen LogP contribution >= 0.6 is 12.2 Å². The molecule has 0 nitrogen and oxygen atoms in total. The average molecular weight is 244 g/mol. The van der Waals surface area contributed by atoms with Crippen LogP contribution in [0.3, 0.4) is 0 Å². The first-order chi connectivity index (χ1) is 7.54. The standard InChI is InChI=1S/C6H5F.C3H6S.C3H8.C2H6/c7-6-4-2-1-3-5-6;1-3(2)4;1-3-2;1-2/h1-5H;1-2H3;3H2,1-2H3;1-2H3. The van der Waals surface area contributed by atoms with Crippen molar-refractivity contribution in [3.05, 3.63) is 36.1 Å². The molecule has 2 heteroatoms. The Labute approximate surface area is 106 Å². The molecule has 0 saturated heterocycles. The van der Waals surface area contributed by atoms with Crippen molar-refractivity contribution in [2.24, 2.45) is 0 Å². The smallest absolute Gasteiger partial charge is 0.123 e. The molecule has 0 aliphatic rings. The van der Waals surface area contributed by atoms with E-state index < -0.39 is 0 Å². The predicted molar refractivity (Wildman–Crippen MR) is 77.7 cm³/mol. The van der Waals surface area contributed by atoms with Crippen LogP contribution in [0.15, 0.2) is 30.3 Å². The van der Waals surface area contributed by atoms with Crippen molar-refractivity contribution >= 4 is 17.1 Å². The van der Waals surface area contributed by atoms with Gasteiger partial charge in [-0.05, 0) is 30.8 Å². The van der Waals surface area contributed by atoms with Crippen molar-refractivity contribution in [2.45, 2.75) is 48.0 Å². The fourth-order valence-corrected chi connectivity index (χ4v) is 0.415. The fraction of sp³-hybridized carbons (Fsp3) is 0.500. The van der Waals surface area contributed by atoms with Crippen LogP contribution in [-0.4, -0.2) is 4.86 Å². The Morgan fingerprint density at radius 1 is 1.06 bits per heavy atom. The third kappa shape index (κ3) is 37.8. The maximum Gasteiger partial charge on any atom is 0.123 e. The van der Waals surface area contributed by atoms with Crippen molar-refractivity contribution in [3.63, 3.8) is 0 Å². The Bertz CT molecular complexity index is 215. The van der Waals surface area contributed by atoms with Crippen molar-refractivity contribution in [1.82, 2.24) is 0 Å². The molecule has 0 unspecified atom stereocenters. The topological polar surface area (TPSA) is 0 Å². The number of benzene rings is 1. The molecule has 0 aliphatic heterocycles. The van der Waals surface area contributed by atoms with Gasteiger partial charge in [0.15, 0.2) is 0 Å². The lowest BCUT2D eigenvalue weighted by molar-refractivity contribution is 0.628. The van der Waals surface area contributed by atoms with Gasteiger partial charge in [-0.1, -0.05) is 64.5 Å².